The van der Waals surface area contributed by atoms with Crippen molar-refractivity contribution in [2.45, 2.75) is 0 Å². The quantitative estimate of drug-likeness (QED) is 0.603. The average molecular weight is 174 g/mol. The predicted molar refractivity (Wildman–Crippen MR) is 42.8 cm³/mol. The van der Waals surface area contributed by atoms with Crippen molar-refractivity contribution < 1.29 is 0 Å². The molecule has 2 aromatic heterocycles. The molecule has 0 bridgehead atoms. The second-order valence-corrected chi connectivity index (χ2v) is 2.45. The van der Waals surface area contributed by atoms with E-state index < -0.39 is 0 Å². The molecule has 0 atom stereocenters. The third-order valence-corrected chi connectivity index (χ3v) is 1.68. The smallest absolute Gasteiger partial charge is 0.218 e. The molecule has 0 N–H and O–H groups in total. The highest BCUT2D eigenvalue weighted by Crippen LogP contribution is 2.06. The van der Waals surface area contributed by atoms with Gasteiger partial charge in [-0.15, -0.1) is 5.10 Å². The molecule has 0 saturated heterocycles. The Balaban J connectivity index is 2.60. The molecule has 0 fully saturated rings. The minimum atomic E-state index is 0.324. The van der Waals surface area contributed by atoms with Crippen molar-refractivity contribution in [1.82, 2.24) is 24.5 Å². The number of rotatable bonds is 1. The zero-order valence-corrected chi connectivity index (χ0v) is 6.92. The summed E-state index contributed by atoms with van der Waals surface area (Å²) in [6.07, 6.45) is 4.82. The van der Waals surface area contributed by atoms with Gasteiger partial charge in [-0.05, 0) is 0 Å². The molecule has 13 heavy (non-hydrogen) atoms. The Labute approximate surface area is 74.0 Å². The average Bonchev–Trinajstić information content (AvgIpc) is 2.71. The van der Waals surface area contributed by atoms with Crippen LogP contribution in [0.5, 0.6) is 0 Å². The minimum Gasteiger partial charge on any atom is -0.274 e. The zero-order chi connectivity index (χ0) is 9.26. The monoisotopic (exact) mass is 174 g/mol. The number of nitrogens with zero attached hydrogens (tertiary/aromatic N) is 6. The van der Waals surface area contributed by atoms with Crippen molar-refractivity contribution in [1.29, 1.82) is 5.26 Å². The molecule has 0 radical (unpaired) electrons. The third-order valence-electron chi connectivity index (χ3n) is 1.68. The van der Waals surface area contributed by atoms with Gasteiger partial charge in [0, 0.05) is 19.4 Å². The summed E-state index contributed by atoms with van der Waals surface area (Å²) in [4.78, 5) is 3.86. The third kappa shape index (κ3) is 1.06. The van der Waals surface area contributed by atoms with Gasteiger partial charge in [-0.1, -0.05) is 5.21 Å². The van der Waals surface area contributed by atoms with Crippen LogP contribution in [0.3, 0.4) is 0 Å². The van der Waals surface area contributed by atoms with Gasteiger partial charge in [0.2, 0.25) is 5.82 Å². The molecular weight excluding hydrogens is 168 g/mol. The van der Waals surface area contributed by atoms with Crippen molar-refractivity contribution in [3.05, 3.63) is 24.4 Å². The van der Waals surface area contributed by atoms with Crippen molar-refractivity contribution >= 4 is 0 Å². The number of hydrogen-bond donors (Lipinski definition) is 0. The van der Waals surface area contributed by atoms with Crippen LogP contribution in [-0.2, 0) is 7.05 Å². The normalized spacial score (nSPS) is 9.85. The van der Waals surface area contributed by atoms with E-state index in [1.165, 1.54) is 0 Å². The molecule has 0 unspecified atom stereocenters. The van der Waals surface area contributed by atoms with Crippen molar-refractivity contribution in [2.75, 3.05) is 0 Å². The van der Waals surface area contributed by atoms with E-state index in [2.05, 4.69) is 15.3 Å². The predicted octanol–water partition coefficient (Wildman–Crippen LogP) is -0.128. The van der Waals surface area contributed by atoms with Gasteiger partial charge in [-0.25, -0.2) is 9.67 Å². The lowest BCUT2D eigenvalue weighted by Crippen LogP contribution is -2.03. The van der Waals surface area contributed by atoms with Crippen molar-refractivity contribution in [2.24, 2.45) is 7.05 Å². The highest BCUT2D eigenvalue weighted by Gasteiger charge is 2.06. The minimum absolute atomic E-state index is 0.324. The Morgan fingerprint density at radius 3 is 3.00 bits per heavy atom. The topological polar surface area (TPSA) is 72.3 Å². The first-order chi connectivity index (χ1) is 6.33. The number of hydrogen-bond acceptors (Lipinski definition) is 4. The summed E-state index contributed by atoms with van der Waals surface area (Å²) in [6.45, 7) is 0. The zero-order valence-electron chi connectivity index (χ0n) is 6.92. The lowest BCUT2D eigenvalue weighted by Gasteiger charge is -2.00. The van der Waals surface area contributed by atoms with Crippen LogP contribution in [-0.4, -0.2) is 24.5 Å². The molecule has 0 aliphatic rings. The fraction of sp³-hybridized carbons (Fsp3) is 0.143. The fourth-order valence-electron chi connectivity index (χ4n) is 1.07. The largest absolute Gasteiger partial charge is 0.274 e. The summed E-state index contributed by atoms with van der Waals surface area (Å²) in [5, 5.41) is 16.2. The Morgan fingerprint density at radius 1 is 1.54 bits per heavy atom. The molecule has 0 saturated carbocycles. The second kappa shape index (κ2) is 2.71. The molecule has 0 amide bonds. The van der Waals surface area contributed by atoms with Gasteiger partial charge in [-0.3, -0.25) is 4.57 Å². The Hall–Kier alpha value is -2.16. The lowest BCUT2D eigenvalue weighted by molar-refractivity contribution is 0.690. The van der Waals surface area contributed by atoms with Crippen LogP contribution in [0.1, 0.15) is 5.82 Å². The van der Waals surface area contributed by atoms with E-state index in [-0.39, 0.29) is 0 Å². The molecule has 0 spiro atoms. The van der Waals surface area contributed by atoms with Crippen LogP contribution in [0.25, 0.3) is 5.82 Å². The van der Waals surface area contributed by atoms with E-state index in [9.17, 15) is 0 Å². The van der Waals surface area contributed by atoms with Gasteiger partial charge in [0.25, 0.3) is 0 Å². The van der Waals surface area contributed by atoms with Gasteiger partial charge >= 0.3 is 0 Å². The Bertz CT molecular complexity index is 459. The molecule has 6 nitrogen and oxygen atoms in total. The number of aryl methyl sites for hydroxylation is 1. The van der Waals surface area contributed by atoms with Gasteiger partial charge in [0.15, 0.2) is 5.82 Å². The van der Waals surface area contributed by atoms with E-state index >= 15 is 0 Å². The van der Waals surface area contributed by atoms with E-state index in [0.29, 0.717) is 11.6 Å². The van der Waals surface area contributed by atoms with E-state index in [0.717, 1.165) is 0 Å². The Morgan fingerprint density at radius 2 is 2.38 bits per heavy atom. The first-order valence-corrected chi connectivity index (χ1v) is 3.61. The summed E-state index contributed by atoms with van der Waals surface area (Å²) in [7, 11) is 1.75. The molecule has 2 heterocycles. The standard InChI is InChI=1S/C7H6N6/c1-12-7(5-10-11-12)13-3-2-9-6(13)4-8/h2-3,5H,1H3. The summed E-state index contributed by atoms with van der Waals surface area (Å²) in [6, 6.07) is 1.97. The number of imidazole rings is 1. The van der Waals surface area contributed by atoms with E-state index in [1.807, 2.05) is 6.07 Å². The van der Waals surface area contributed by atoms with Crippen molar-refractivity contribution in [3.8, 4) is 11.9 Å². The van der Waals surface area contributed by atoms with Gasteiger partial charge < -0.3 is 0 Å². The molecule has 2 aromatic rings. The first kappa shape index (κ1) is 7.49. The molecule has 0 aliphatic carbocycles. The van der Waals surface area contributed by atoms with Gasteiger partial charge in [0.1, 0.15) is 6.07 Å². The lowest BCUT2D eigenvalue weighted by atomic mass is 10.6. The summed E-state index contributed by atoms with van der Waals surface area (Å²) < 4.78 is 3.20. The first-order valence-electron chi connectivity index (χ1n) is 3.61. The van der Waals surface area contributed by atoms with Gasteiger partial charge in [0.05, 0.1) is 6.20 Å². The van der Waals surface area contributed by atoms with Crippen LogP contribution in [0.4, 0.5) is 0 Å². The van der Waals surface area contributed by atoms with Crippen molar-refractivity contribution in [3.63, 3.8) is 0 Å². The maximum Gasteiger partial charge on any atom is 0.218 e. The molecule has 0 aliphatic heterocycles. The molecule has 6 heteroatoms. The highest BCUT2D eigenvalue weighted by molar-refractivity contribution is 5.26. The summed E-state index contributed by atoms with van der Waals surface area (Å²) in [5.74, 6) is 1.04. The summed E-state index contributed by atoms with van der Waals surface area (Å²) >= 11 is 0. The van der Waals surface area contributed by atoms with Crippen LogP contribution >= 0.6 is 0 Å². The van der Waals surface area contributed by atoms with Gasteiger partial charge in [-0.2, -0.15) is 5.26 Å². The number of nitriles is 1. The fourth-order valence-corrected chi connectivity index (χ4v) is 1.07. The van der Waals surface area contributed by atoms with Crippen LogP contribution < -0.4 is 0 Å². The van der Waals surface area contributed by atoms with Crippen LogP contribution in [0, 0.1) is 11.3 Å². The molecule has 2 rings (SSSR count). The highest BCUT2D eigenvalue weighted by atomic mass is 15.4. The Kier molecular flexibility index (Phi) is 1.56. The SMILES string of the molecule is Cn1nncc1-n1ccnc1C#N. The molecule has 64 valence electrons. The van der Waals surface area contributed by atoms with Crippen LogP contribution in [0.2, 0.25) is 0 Å². The molecular formula is C7H6N6. The van der Waals surface area contributed by atoms with E-state index in [4.69, 9.17) is 5.26 Å². The second-order valence-electron chi connectivity index (χ2n) is 2.45. The number of aromatic nitrogens is 5. The maximum absolute atomic E-state index is 8.71. The summed E-state index contributed by atoms with van der Waals surface area (Å²) in [5.41, 5.74) is 0. The maximum atomic E-state index is 8.71. The van der Waals surface area contributed by atoms with Crippen LogP contribution in [0.15, 0.2) is 18.6 Å². The van der Waals surface area contributed by atoms with E-state index in [1.54, 1.807) is 34.9 Å². The molecule has 0 aromatic carbocycles.